The molecule has 0 bridgehead atoms. The summed E-state index contributed by atoms with van der Waals surface area (Å²) in [6.07, 6.45) is 0. The summed E-state index contributed by atoms with van der Waals surface area (Å²) in [5, 5.41) is 5.61. The van der Waals surface area contributed by atoms with Gasteiger partial charge in [0.15, 0.2) is 0 Å². The Morgan fingerprint density at radius 2 is 1.57 bits per heavy atom. The summed E-state index contributed by atoms with van der Waals surface area (Å²) >= 11 is 0. The van der Waals surface area contributed by atoms with Crippen LogP contribution in [-0.4, -0.2) is 11.8 Å². The molecule has 0 fully saturated rings. The zero-order valence-electron chi connectivity index (χ0n) is 12.1. The Bertz CT molecular complexity index is 621. The van der Waals surface area contributed by atoms with Gasteiger partial charge in [-0.2, -0.15) is 0 Å². The van der Waals surface area contributed by atoms with E-state index in [1.54, 1.807) is 24.3 Å². The Balaban J connectivity index is 2.01. The second kappa shape index (κ2) is 6.70. The molecule has 2 aromatic rings. The van der Waals surface area contributed by atoms with Crippen LogP contribution in [0, 0.1) is 0 Å². The van der Waals surface area contributed by atoms with Crippen molar-refractivity contribution < 1.29 is 9.59 Å². The van der Waals surface area contributed by atoms with Gasteiger partial charge in [-0.3, -0.25) is 9.59 Å². The lowest BCUT2D eigenvalue weighted by atomic mass is 10.1. The van der Waals surface area contributed by atoms with E-state index in [1.807, 2.05) is 37.3 Å². The van der Waals surface area contributed by atoms with Crippen molar-refractivity contribution in [2.45, 2.75) is 19.9 Å². The first-order chi connectivity index (χ1) is 10.1. The highest BCUT2D eigenvalue weighted by Gasteiger charge is 2.11. The summed E-state index contributed by atoms with van der Waals surface area (Å²) in [5.74, 6) is -0.273. The molecule has 108 valence electrons. The van der Waals surface area contributed by atoms with Gasteiger partial charge in [0.2, 0.25) is 5.91 Å². The Morgan fingerprint density at radius 3 is 2.14 bits per heavy atom. The molecular formula is C17H18N2O2. The average molecular weight is 282 g/mol. The predicted molar refractivity (Wildman–Crippen MR) is 83.1 cm³/mol. The van der Waals surface area contributed by atoms with Crippen molar-refractivity contribution in [2.24, 2.45) is 0 Å². The van der Waals surface area contributed by atoms with Crippen molar-refractivity contribution in [1.29, 1.82) is 0 Å². The molecule has 2 N–H and O–H groups in total. The molecule has 0 heterocycles. The summed E-state index contributed by atoms with van der Waals surface area (Å²) in [6.45, 7) is 3.39. The zero-order chi connectivity index (χ0) is 15.2. The van der Waals surface area contributed by atoms with E-state index in [1.165, 1.54) is 6.92 Å². The first-order valence-corrected chi connectivity index (χ1v) is 6.79. The van der Waals surface area contributed by atoms with E-state index in [2.05, 4.69) is 10.6 Å². The molecule has 2 amide bonds. The number of hydrogen-bond acceptors (Lipinski definition) is 2. The van der Waals surface area contributed by atoms with Crippen molar-refractivity contribution in [1.82, 2.24) is 5.32 Å². The maximum absolute atomic E-state index is 12.2. The van der Waals surface area contributed by atoms with Crippen LogP contribution in [0.1, 0.15) is 35.8 Å². The molecule has 0 aliphatic carbocycles. The van der Waals surface area contributed by atoms with Gasteiger partial charge in [0, 0.05) is 18.2 Å². The molecule has 2 rings (SSSR count). The van der Waals surface area contributed by atoms with Gasteiger partial charge in [-0.05, 0) is 36.8 Å². The van der Waals surface area contributed by atoms with Crippen LogP contribution in [0.2, 0.25) is 0 Å². The molecule has 4 heteroatoms. The SMILES string of the molecule is CC(=O)Nc1ccc(C(=O)N[C@@H](C)c2ccccc2)cc1. The lowest BCUT2D eigenvalue weighted by Crippen LogP contribution is -2.26. The van der Waals surface area contributed by atoms with Gasteiger partial charge in [0.1, 0.15) is 0 Å². The van der Waals surface area contributed by atoms with Gasteiger partial charge in [-0.1, -0.05) is 30.3 Å². The molecule has 0 saturated heterocycles. The third-order valence-electron chi connectivity index (χ3n) is 3.11. The van der Waals surface area contributed by atoms with Crippen LogP contribution in [0.3, 0.4) is 0 Å². The summed E-state index contributed by atoms with van der Waals surface area (Å²) in [5.41, 5.74) is 2.29. The Kier molecular flexibility index (Phi) is 4.72. The number of carbonyl (C=O) groups is 2. The van der Waals surface area contributed by atoms with Gasteiger partial charge in [0.05, 0.1) is 6.04 Å². The molecule has 0 aromatic heterocycles. The predicted octanol–water partition coefficient (Wildman–Crippen LogP) is 3.14. The van der Waals surface area contributed by atoms with Crippen LogP contribution in [-0.2, 0) is 4.79 Å². The Labute approximate surface area is 124 Å². The minimum absolute atomic E-state index is 0.0614. The third-order valence-corrected chi connectivity index (χ3v) is 3.11. The van der Waals surface area contributed by atoms with Gasteiger partial charge < -0.3 is 10.6 Å². The minimum Gasteiger partial charge on any atom is -0.346 e. The third kappa shape index (κ3) is 4.18. The van der Waals surface area contributed by atoms with Crippen molar-refractivity contribution >= 4 is 17.5 Å². The fraction of sp³-hybridized carbons (Fsp3) is 0.176. The van der Waals surface area contributed by atoms with E-state index < -0.39 is 0 Å². The first kappa shape index (κ1) is 14.8. The second-order valence-electron chi connectivity index (χ2n) is 4.86. The molecule has 0 aliphatic heterocycles. The number of benzene rings is 2. The number of carbonyl (C=O) groups excluding carboxylic acids is 2. The summed E-state index contributed by atoms with van der Waals surface area (Å²) in [7, 11) is 0. The topological polar surface area (TPSA) is 58.2 Å². The molecule has 1 atom stereocenters. The van der Waals surface area contributed by atoms with Crippen LogP contribution >= 0.6 is 0 Å². The number of rotatable bonds is 4. The number of amides is 2. The van der Waals surface area contributed by atoms with E-state index in [9.17, 15) is 9.59 Å². The van der Waals surface area contributed by atoms with Gasteiger partial charge in [-0.15, -0.1) is 0 Å². The van der Waals surface area contributed by atoms with Gasteiger partial charge in [-0.25, -0.2) is 0 Å². The standard InChI is InChI=1S/C17H18N2O2/c1-12(14-6-4-3-5-7-14)18-17(21)15-8-10-16(11-9-15)19-13(2)20/h3-12H,1-2H3,(H,18,21)(H,19,20)/t12-/m0/s1. The molecule has 0 radical (unpaired) electrons. The lowest BCUT2D eigenvalue weighted by molar-refractivity contribution is -0.114. The maximum Gasteiger partial charge on any atom is 0.251 e. The largest absolute Gasteiger partial charge is 0.346 e. The Hall–Kier alpha value is -2.62. The van der Waals surface area contributed by atoms with Crippen molar-refractivity contribution in [3.8, 4) is 0 Å². The summed E-state index contributed by atoms with van der Waals surface area (Å²) in [6, 6.07) is 16.5. The molecule has 0 unspecified atom stereocenters. The number of anilines is 1. The molecular weight excluding hydrogens is 264 g/mol. The highest BCUT2D eigenvalue weighted by atomic mass is 16.2. The monoisotopic (exact) mass is 282 g/mol. The van der Waals surface area contributed by atoms with E-state index in [-0.39, 0.29) is 17.9 Å². The van der Waals surface area contributed by atoms with Crippen LogP contribution in [0.4, 0.5) is 5.69 Å². The fourth-order valence-corrected chi connectivity index (χ4v) is 2.01. The highest BCUT2D eigenvalue weighted by Crippen LogP contribution is 2.14. The zero-order valence-corrected chi connectivity index (χ0v) is 12.1. The summed E-state index contributed by atoms with van der Waals surface area (Å²) < 4.78 is 0. The van der Waals surface area contributed by atoms with Crippen LogP contribution in [0.15, 0.2) is 54.6 Å². The van der Waals surface area contributed by atoms with E-state index >= 15 is 0 Å². The van der Waals surface area contributed by atoms with Crippen LogP contribution in [0.5, 0.6) is 0 Å². The molecule has 0 spiro atoms. The van der Waals surface area contributed by atoms with Gasteiger partial charge >= 0.3 is 0 Å². The molecule has 21 heavy (non-hydrogen) atoms. The average Bonchev–Trinajstić information content (AvgIpc) is 2.48. The normalized spacial score (nSPS) is 11.5. The Morgan fingerprint density at radius 1 is 0.952 bits per heavy atom. The maximum atomic E-state index is 12.2. The smallest absolute Gasteiger partial charge is 0.251 e. The quantitative estimate of drug-likeness (QED) is 0.905. The van der Waals surface area contributed by atoms with Crippen molar-refractivity contribution in [3.05, 3.63) is 65.7 Å². The summed E-state index contributed by atoms with van der Waals surface area (Å²) in [4.78, 5) is 23.1. The number of nitrogens with one attached hydrogen (secondary N) is 2. The molecule has 0 saturated carbocycles. The molecule has 2 aromatic carbocycles. The first-order valence-electron chi connectivity index (χ1n) is 6.79. The van der Waals surface area contributed by atoms with Crippen molar-refractivity contribution in [2.75, 3.05) is 5.32 Å². The van der Waals surface area contributed by atoms with E-state index in [4.69, 9.17) is 0 Å². The van der Waals surface area contributed by atoms with E-state index in [0.29, 0.717) is 11.3 Å². The molecule has 0 aliphatic rings. The highest BCUT2D eigenvalue weighted by molar-refractivity contribution is 5.95. The number of hydrogen-bond donors (Lipinski definition) is 2. The van der Waals surface area contributed by atoms with Gasteiger partial charge in [0.25, 0.3) is 5.91 Å². The minimum atomic E-state index is -0.138. The molecule has 4 nitrogen and oxygen atoms in total. The fourth-order valence-electron chi connectivity index (χ4n) is 2.01. The van der Waals surface area contributed by atoms with Crippen LogP contribution in [0.25, 0.3) is 0 Å². The lowest BCUT2D eigenvalue weighted by Gasteiger charge is -2.14. The van der Waals surface area contributed by atoms with Crippen molar-refractivity contribution in [3.63, 3.8) is 0 Å². The van der Waals surface area contributed by atoms with E-state index in [0.717, 1.165) is 5.56 Å². The second-order valence-corrected chi connectivity index (χ2v) is 4.86. The van der Waals surface area contributed by atoms with Crippen LogP contribution < -0.4 is 10.6 Å².